The second kappa shape index (κ2) is 5.37. The molecular formula is C15H19NO2S. The molecule has 0 N–H and O–H groups in total. The molecule has 1 aliphatic rings. The molecule has 1 aromatic rings. The molecule has 0 aromatic heterocycles. The van der Waals surface area contributed by atoms with Gasteiger partial charge in [-0.2, -0.15) is 0 Å². The van der Waals surface area contributed by atoms with Gasteiger partial charge in [-0.1, -0.05) is 24.6 Å². The Labute approximate surface area is 118 Å². The lowest BCUT2D eigenvalue weighted by Crippen LogP contribution is -2.32. The SMILES string of the molecule is CCSC1CC(=O)N(c2c(C)cc(C)cc2C)C1=O. The maximum Gasteiger partial charge on any atom is 0.247 e. The van der Waals surface area contributed by atoms with Crippen molar-refractivity contribution >= 4 is 29.3 Å². The number of imide groups is 1. The Morgan fingerprint density at radius 1 is 1.21 bits per heavy atom. The van der Waals surface area contributed by atoms with E-state index >= 15 is 0 Å². The van der Waals surface area contributed by atoms with Gasteiger partial charge >= 0.3 is 0 Å². The summed E-state index contributed by atoms with van der Waals surface area (Å²) in [5, 5.41) is -0.211. The van der Waals surface area contributed by atoms with Gasteiger partial charge in [-0.05, 0) is 37.7 Å². The molecule has 19 heavy (non-hydrogen) atoms. The zero-order chi connectivity index (χ0) is 14.2. The summed E-state index contributed by atoms with van der Waals surface area (Å²) in [6.45, 7) is 7.94. The van der Waals surface area contributed by atoms with Crippen molar-refractivity contribution in [1.29, 1.82) is 0 Å². The van der Waals surface area contributed by atoms with E-state index in [4.69, 9.17) is 0 Å². The Morgan fingerprint density at radius 3 is 2.32 bits per heavy atom. The highest BCUT2D eigenvalue weighted by atomic mass is 32.2. The second-order valence-corrected chi connectivity index (χ2v) is 6.44. The molecular weight excluding hydrogens is 258 g/mol. The van der Waals surface area contributed by atoms with Crippen LogP contribution < -0.4 is 4.90 Å². The molecule has 0 aliphatic carbocycles. The van der Waals surface area contributed by atoms with E-state index in [0.29, 0.717) is 6.42 Å². The Bertz CT molecular complexity index is 516. The molecule has 2 rings (SSSR count). The predicted molar refractivity (Wildman–Crippen MR) is 79.7 cm³/mol. The van der Waals surface area contributed by atoms with Gasteiger partial charge in [-0.15, -0.1) is 11.8 Å². The van der Waals surface area contributed by atoms with Crippen molar-refractivity contribution in [3.8, 4) is 0 Å². The molecule has 1 unspecified atom stereocenters. The van der Waals surface area contributed by atoms with Crippen LogP contribution in [0.5, 0.6) is 0 Å². The summed E-state index contributed by atoms with van der Waals surface area (Å²) in [4.78, 5) is 25.9. The Hall–Kier alpha value is -1.29. The molecule has 1 aromatic carbocycles. The summed E-state index contributed by atoms with van der Waals surface area (Å²) in [5.74, 6) is 0.710. The van der Waals surface area contributed by atoms with E-state index in [2.05, 4.69) is 0 Å². The van der Waals surface area contributed by atoms with Crippen molar-refractivity contribution in [3.05, 3.63) is 28.8 Å². The molecule has 1 fully saturated rings. The van der Waals surface area contributed by atoms with Crippen LogP contribution in [0.3, 0.4) is 0 Å². The number of thioether (sulfide) groups is 1. The number of amides is 2. The molecule has 0 radical (unpaired) electrons. The highest BCUT2D eigenvalue weighted by Crippen LogP contribution is 2.34. The van der Waals surface area contributed by atoms with E-state index in [0.717, 1.165) is 28.1 Å². The molecule has 1 aliphatic heterocycles. The van der Waals surface area contributed by atoms with Crippen LogP contribution in [0.15, 0.2) is 12.1 Å². The summed E-state index contributed by atoms with van der Waals surface area (Å²) >= 11 is 1.55. The first kappa shape index (κ1) is 14.1. The molecule has 1 atom stereocenters. The molecule has 2 amide bonds. The van der Waals surface area contributed by atoms with Crippen molar-refractivity contribution in [1.82, 2.24) is 0 Å². The van der Waals surface area contributed by atoms with Crippen molar-refractivity contribution in [3.63, 3.8) is 0 Å². The van der Waals surface area contributed by atoms with Crippen LogP contribution in [0.2, 0.25) is 0 Å². The first-order valence-corrected chi connectivity index (χ1v) is 7.56. The number of carbonyl (C=O) groups is 2. The number of anilines is 1. The fourth-order valence-electron chi connectivity index (χ4n) is 2.70. The maximum atomic E-state index is 12.4. The number of hydrogen-bond acceptors (Lipinski definition) is 3. The zero-order valence-corrected chi connectivity index (χ0v) is 12.6. The van der Waals surface area contributed by atoms with Gasteiger partial charge in [-0.25, -0.2) is 4.90 Å². The number of aryl methyl sites for hydroxylation is 3. The van der Waals surface area contributed by atoms with Gasteiger partial charge in [0.05, 0.1) is 10.9 Å². The first-order chi connectivity index (χ1) is 8.95. The third kappa shape index (κ3) is 2.54. The van der Waals surface area contributed by atoms with E-state index in [-0.39, 0.29) is 17.1 Å². The number of benzene rings is 1. The van der Waals surface area contributed by atoms with Crippen molar-refractivity contribution in [2.24, 2.45) is 0 Å². The second-order valence-electron chi connectivity index (χ2n) is 4.96. The third-order valence-corrected chi connectivity index (χ3v) is 4.44. The maximum absolute atomic E-state index is 12.4. The molecule has 1 saturated heterocycles. The van der Waals surface area contributed by atoms with Crippen molar-refractivity contribution in [2.45, 2.75) is 39.4 Å². The number of nitrogens with zero attached hydrogens (tertiary/aromatic N) is 1. The van der Waals surface area contributed by atoms with E-state index in [1.807, 2.05) is 39.8 Å². The Kier molecular flexibility index (Phi) is 3.99. The topological polar surface area (TPSA) is 37.4 Å². The minimum atomic E-state index is -0.211. The third-order valence-electron chi connectivity index (χ3n) is 3.33. The molecule has 0 bridgehead atoms. The fourth-order valence-corrected chi connectivity index (χ4v) is 3.61. The van der Waals surface area contributed by atoms with Crippen LogP contribution in [0.1, 0.15) is 30.0 Å². The Morgan fingerprint density at radius 2 is 1.79 bits per heavy atom. The molecule has 3 nitrogen and oxygen atoms in total. The van der Waals surface area contributed by atoms with Crippen LogP contribution in [0.25, 0.3) is 0 Å². The highest BCUT2D eigenvalue weighted by molar-refractivity contribution is 8.00. The summed E-state index contributed by atoms with van der Waals surface area (Å²) in [6, 6.07) is 4.03. The average Bonchev–Trinajstić information content (AvgIpc) is 2.56. The number of hydrogen-bond donors (Lipinski definition) is 0. The largest absolute Gasteiger partial charge is 0.274 e. The number of rotatable bonds is 3. The molecule has 4 heteroatoms. The molecule has 0 spiro atoms. The zero-order valence-electron chi connectivity index (χ0n) is 11.8. The van der Waals surface area contributed by atoms with Crippen LogP contribution in [-0.4, -0.2) is 22.8 Å². The monoisotopic (exact) mass is 277 g/mol. The van der Waals surface area contributed by atoms with E-state index in [9.17, 15) is 9.59 Å². The van der Waals surface area contributed by atoms with Crippen LogP contribution in [0.4, 0.5) is 5.69 Å². The predicted octanol–water partition coefficient (Wildman–Crippen LogP) is 3.00. The van der Waals surface area contributed by atoms with Gasteiger partial charge in [-0.3, -0.25) is 9.59 Å². The molecule has 102 valence electrons. The van der Waals surface area contributed by atoms with Crippen LogP contribution in [-0.2, 0) is 9.59 Å². The van der Waals surface area contributed by atoms with Crippen molar-refractivity contribution in [2.75, 3.05) is 10.7 Å². The fraction of sp³-hybridized carbons (Fsp3) is 0.467. The highest BCUT2D eigenvalue weighted by Gasteiger charge is 2.40. The van der Waals surface area contributed by atoms with Gasteiger partial charge in [0.2, 0.25) is 11.8 Å². The van der Waals surface area contributed by atoms with Gasteiger partial charge in [0, 0.05) is 6.42 Å². The lowest BCUT2D eigenvalue weighted by Gasteiger charge is -2.20. The smallest absolute Gasteiger partial charge is 0.247 e. The van der Waals surface area contributed by atoms with Crippen LogP contribution >= 0.6 is 11.8 Å². The standard InChI is InChI=1S/C15H19NO2S/c1-5-19-12-8-13(17)16(15(12)18)14-10(3)6-9(2)7-11(14)4/h6-7,12H,5,8H2,1-4H3. The lowest BCUT2D eigenvalue weighted by atomic mass is 10.0. The van der Waals surface area contributed by atoms with Crippen molar-refractivity contribution < 1.29 is 9.59 Å². The lowest BCUT2D eigenvalue weighted by molar-refractivity contribution is -0.121. The summed E-state index contributed by atoms with van der Waals surface area (Å²) in [7, 11) is 0. The summed E-state index contributed by atoms with van der Waals surface area (Å²) < 4.78 is 0. The molecule has 0 saturated carbocycles. The first-order valence-electron chi connectivity index (χ1n) is 6.52. The summed E-state index contributed by atoms with van der Waals surface area (Å²) in [6.07, 6.45) is 0.324. The molecule has 1 heterocycles. The van der Waals surface area contributed by atoms with E-state index in [1.165, 1.54) is 4.90 Å². The van der Waals surface area contributed by atoms with E-state index < -0.39 is 0 Å². The normalized spacial score (nSPS) is 19.4. The van der Waals surface area contributed by atoms with Gasteiger partial charge in [0.25, 0.3) is 0 Å². The van der Waals surface area contributed by atoms with Crippen LogP contribution in [0, 0.1) is 20.8 Å². The number of carbonyl (C=O) groups excluding carboxylic acids is 2. The Balaban J connectivity index is 2.42. The quantitative estimate of drug-likeness (QED) is 0.797. The summed E-state index contributed by atoms with van der Waals surface area (Å²) in [5.41, 5.74) is 3.90. The minimum Gasteiger partial charge on any atom is -0.274 e. The van der Waals surface area contributed by atoms with E-state index in [1.54, 1.807) is 11.8 Å². The van der Waals surface area contributed by atoms with Gasteiger partial charge in [0.1, 0.15) is 0 Å². The minimum absolute atomic E-state index is 0.0631. The van der Waals surface area contributed by atoms with Gasteiger partial charge in [0.15, 0.2) is 0 Å². The van der Waals surface area contributed by atoms with Gasteiger partial charge < -0.3 is 0 Å². The average molecular weight is 277 g/mol.